The normalized spacial score (nSPS) is 18.3. The number of fused-ring (bicyclic) bond motifs is 5. The summed E-state index contributed by atoms with van der Waals surface area (Å²) in [5.74, 6) is -3.01. The Morgan fingerprint density at radius 3 is 2.34 bits per heavy atom. The lowest BCUT2D eigenvalue weighted by Crippen LogP contribution is -2.53. The minimum Gasteiger partial charge on any atom is -0.458 e. The number of esters is 1. The van der Waals surface area contributed by atoms with Crippen LogP contribution in [0.5, 0.6) is 0 Å². The van der Waals surface area contributed by atoms with Crippen molar-refractivity contribution in [1.82, 2.24) is 30.8 Å². The van der Waals surface area contributed by atoms with Gasteiger partial charge >= 0.3 is 18.2 Å². The van der Waals surface area contributed by atoms with Crippen molar-refractivity contribution < 1.29 is 52.5 Å². The number of hydrogen-bond acceptors (Lipinski definition) is 12. The Bertz CT molecular complexity index is 2770. The number of aromatic nitrogens is 2. The highest BCUT2D eigenvalue weighted by Crippen LogP contribution is 2.46. The van der Waals surface area contributed by atoms with E-state index in [1.165, 1.54) is 24.5 Å². The number of halogens is 1. The van der Waals surface area contributed by atoms with Gasteiger partial charge in [-0.25, -0.2) is 23.8 Å². The number of ether oxygens (including phenoxy) is 3. The fourth-order valence-corrected chi connectivity index (χ4v) is 8.88. The van der Waals surface area contributed by atoms with Gasteiger partial charge in [0.05, 0.1) is 41.6 Å². The van der Waals surface area contributed by atoms with Gasteiger partial charge in [-0.2, -0.15) is 0 Å². The molecule has 2 aromatic heterocycles. The number of rotatable bonds is 12. The summed E-state index contributed by atoms with van der Waals surface area (Å²) in [6, 6.07) is 6.67. The number of anilines is 1. The Kier molecular flexibility index (Phi) is 13.2. The highest BCUT2D eigenvalue weighted by atomic mass is 19.1. The van der Waals surface area contributed by atoms with Gasteiger partial charge in [-0.05, 0) is 100 Å². The first-order valence-corrected chi connectivity index (χ1v) is 22.2. The van der Waals surface area contributed by atoms with Gasteiger partial charge in [0.25, 0.3) is 5.56 Å². The standard InChI is InChI=1S/C48H56FN7O11/c1-10-48(64)31-17-35-40-29(20-56(35)43(60)30(31)21-65-44(48)61)38-33(16-15-28-23(4)32(49)18-34(54-40)37(28)38)55-46(63)66-36(19-50-45(62)67-47(7,8)9)26-11-13-27(14-12-26)53-41(58)24(5)51-42(59)39(22(2)3)52-25(6)57/h11-14,17-18,22,24,33,36,39,64H,10,15-16,19-21H2,1-9H3,(H,50,62)(H,51,59)(H,52,57)(H,53,58)(H,55,63)/t24-,33-,36+,39-,48-/m0/s1. The van der Waals surface area contributed by atoms with Crippen molar-refractivity contribution in [2.75, 3.05) is 11.9 Å². The molecular weight excluding hydrogens is 870 g/mol. The quantitative estimate of drug-likeness (QED) is 0.0707. The number of cyclic esters (lactones) is 1. The molecule has 3 aliphatic rings. The van der Waals surface area contributed by atoms with Gasteiger partial charge in [0.1, 0.15) is 36.2 Å². The zero-order valence-electron chi connectivity index (χ0n) is 38.9. The molecule has 5 amide bonds. The number of nitrogens with one attached hydrogen (secondary N) is 5. The largest absolute Gasteiger partial charge is 0.458 e. The Balaban J connectivity index is 1.16. The summed E-state index contributed by atoms with van der Waals surface area (Å²) in [7, 11) is 0. The second-order valence-electron chi connectivity index (χ2n) is 18.6. The van der Waals surface area contributed by atoms with E-state index in [0.29, 0.717) is 68.6 Å². The van der Waals surface area contributed by atoms with E-state index in [1.54, 1.807) is 78.8 Å². The monoisotopic (exact) mass is 925 g/mol. The fourth-order valence-electron chi connectivity index (χ4n) is 8.88. The molecule has 18 nitrogen and oxygen atoms in total. The van der Waals surface area contributed by atoms with E-state index in [4.69, 9.17) is 19.2 Å². The van der Waals surface area contributed by atoms with Crippen LogP contribution in [0.1, 0.15) is 119 Å². The third-order valence-electron chi connectivity index (χ3n) is 12.4. The van der Waals surface area contributed by atoms with E-state index in [2.05, 4.69) is 26.6 Å². The smallest absolute Gasteiger partial charge is 0.408 e. The van der Waals surface area contributed by atoms with Crippen LogP contribution in [0.4, 0.5) is 19.7 Å². The van der Waals surface area contributed by atoms with Crippen molar-refractivity contribution >= 4 is 52.5 Å². The van der Waals surface area contributed by atoms with Crippen LogP contribution in [0, 0.1) is 18.7 Å². The molecule has 356 valence electrons. The van der Waals surface area contributed by atoms with E-state index in [1.807, 2.05) is 0 Å². The van der Waals surface area contributed by atoms with Crippen LogP contribution in [-0.4, -0.2) is 74.8 Å². The second-order valence-corrected chi connectivity index (χ2v) is 18.6. The number of aryl methyl sites for hydroxylation is 1. The highest BCUT2D eigenvalue weighted by Gasteiger charge is 2.46. The SMILES string of the molecule is CC[C@@]1(O)C(=O)OCc2c1cc1n(c2=O)Cc2c-1nc1cc(F)c(C)c3c1c2[C@@H](NC(=O)O[C@H](CNC(=O)OC(C)(C)C)c1ccc(NC(=O)[C@H](C)NC(=O)[C@@H](NC(C)=O)C(C)C)cc1)CC3. The molecule has 19 heteroatoms. The van der Waals surface area contributed by atoms with Crippen molar-refractivity contribution in [2.24, 2.45) is 5.92 Å². The van der Waals surface area contributed by atoms with Crippen LogP contribution in [0.15, 0.2) is 41.2 Å². The number of aliphatic hydroxyl groups is 1. The Morgan fingerprint density at radius 1 is 1.00 bits per heavy atom. The Hall–Kier alpha value is -6.89. The maximum atomic E-state index is 15.5. The number of benzene rings is 2. The molecule has 1 aliphatic carbocycles. The number of nitrogens with zero attached hydrogens (tertiary/aromatic N) is 2. The molecule has 2 aliphatic heterocycles. The van der Waals surface area contributed by atoms with Crippen molar-refractivity contribution in [3.8, 4) is 11.4 Å². The average Bonchev–Trinajstić information content (AvgIpc) is 3.63. The van der Waals surface area contributed by atoms with Gasteiger partial charge < -0.3 is 50.5 Å². The van der Waals surface area contributed by atoms with E-state index >= 15 is 4.39 Å². The highest BCUT2D eigenvalue weighted by molar-refractivity contribution is 5.98. The number of carbonyl (C=O) groups is 6. The summed E-state index contributed by atoms with van der Waals surface area (Å²) in [6.07, 6.45) is -2.08. The lowest BCUT2D eigenvalue weighted by atomic mass is 9.81. The van der Waals surface area contributed by atoms with Gasteiger partial charge in [0, 0.05) is 35.2 Å². The van der Waals surface area contributed by atoms with Crippen LogP contribution in [0.25, 0.3) is 22.3 Å². The van der Waals surface area contributed by atoms with Crippen LogP contribution < -0.4 is 32.1 Å². The van der Waals surface area contributed by atoms with Gasteiger partial charge in [-0.15, -0.1) is 0 Å². The predicted octanol–water partition coefficient (Wildman–Crippen LogP) is 5.11. The van der Waals surface area contributed by atoms with E-state index in [0.717, 1.165) is 0 Å². The molecule has 0 bridgehead atoms. The number of pyridine rings is 2. The molecule has 2 aromatic carbocycles. The van der Waals surface area contributed by atoms with Gasteiger partial charge in [-0.3, -0.25) is 19.2 Å². The maximum absolute atomic E-state index is 15.5. The summed E-state index contributed by atoms with van der Waals surface area (Å²) in [5, 5.41) is 25.7. The first kappa shape index (κ1) is 48.1. The van der Waals surface area contributed by atoms with Crippen LogP contribution in [0.3, 0.4) is 0 Å². The molecule has 5 atom stereocenters. The molecule has 0 radical (unpaired) electrons. The minimum atomic E-state index is -2.06. The van der Waals surface area contributed by atoms with Gasteiger partial charge in [0.2, 0.25) is 17.7 Å². The minimum absolute atomic E-state index is 0.0304. The van der Waals surface area contributed by atoms with Crippen molar-refractivity contribution in [3.63, 3.8) is 0 Å². The van der Waals surface area contributed by atoms with Crippen LogP contribution in [-0.2, 0) is 58.6 Å². The van der Waals surface area contributed by atoms with Crippen LogP contribution in [0.2, 0.25) is 0 Å². The van der Waals surface area contributed by atoms with E-state index < -0.39 is 76.8 Å². The van der Waals surface area contributed by atoms with Gasteiger partial charge in [0.15, 0.2) is 5.60 Å². The molecule has 0 saturated heterocycles. The molecule has 7 rings (SSSR count). The number of hydrogen-bond donors (Lipinski definition) is 6. The number of alkyl carbamates (subject to hydrolysis) is 2. The van der Waals surface area contributed by atoms with E-state index in [9.17, 15) is 38.7 Å². The molecular formula is C48H56FN7O11. The molecule has 0 spiro atoms. The second kappa shape index (κ2) is 18.4. The van der Waals surface area contributed by atoms with Crippen molar-refractivity contribution in [2.45, 2.75) is 130 Å². The first-order chi connectivity index (χ1) is 31.5. The molecule has 6 N–H and O–H groups in total. The lowest BCUT2D eigenvalue weighted by Gasteiger charge is -2.31. The number of amides is 5. The lowest BCUT2D eigenvalue weighted by molar-refractivity contribution is -0.172. The molecule has 0 saturated carbocycles. The molecule has 0 unspecified atom stereocenters. The first-order valence-electron chi connectivity index (χ1n) is 22.2. The summed E-state index contributed by atoms with van der Waals surface area (Å²) < 4.78 is 33.7. The molecule has 67 heavy (non-hydrogen) atoms. The summed E-state index contributed by atoms with van der Waals surface area (Å²) >= 11 is 0. The van der Waals surface area contributed by atoms with Crippen LogP contribution >= 0.6 is 0 Å². The average molecular weight is 926 g/mol. The zero-order valence-corrected chi connectivity index (χ0v) is 38.9. The van der Waals surface area contributed by atoms with Crippen molar-refractivity contribution in [1.29, 1.82) is 0 Å². The Labute approximate surface area is 385 Å². The third kappa shape index (κ3) is 9.55. The molecule has 0 fully saturated rings. The molecule has 4 aromatic rings. The summed E-state index contributed by atoms with van der Waals surface area (Å²) in [5.41, 5.74) is 0.984. The molecule has 4 heterocycles. The fraction of sp³-hybridized carbons (Fsp3) is 0.458. The van der Waals surface area contributed by atoms with Crippen molar-refractivity contribution in [3.05, 3.63) is 91.5 Å². The topological polar surface area (TPSA) is 245 Å². The Morgan fingerprint density at radius 2 is 1.70 bits per heavy atom. The number of carbonyl (C=O) groups excluding carboxylic acids is 6. The summed E-state index contributed by atoms with van der Waals surface area (Å²) in [6.45, 7) is 14.2. The van der Waals surface area contributed by atoms with E-state index in [-0.39, 0.29) is 49.1 Å². The summed E-state index contributed by atoms with van der Waals surface area (Å²) in [4.78, 5) is 96.4. The van der Waals surface area contributed by atoms with Gasteiger partial charge in [-0.1, -0.05) is 32.9 Å². The zero-order chi connectivity index (χ0) is 48.9. The predicted molar refractivity (Wildman–Crippen MR) is 242 cm³/mol. The maximum Gasteiger partial charge on any atom is 0.408 e. The third-order valence-corrected chi connectivity index (χ3v) is 12.4.